The Morgan fingerprint density at radius 3 is 2.31 bits per heavy atom. The molecule has 0 spiro atoms. The molecular weight excluding hydrogens is 863 g/mol. The molecule has 1 aliphatic rings. The largest absolute Gasteiger partial charge is 0.481 e. The van der Waals surface area contributed by atoms with Gasteiger partial charge in [0, 0.05) is 30.7 Å². The first-order valence-electron chi connectivity index (χ1n) is 17.0. The molecule has 26 nitrogen and oxygen atoms in total. The van der Waals surface area contributed by atoms with Crippen molar-refractivity contribution in [1.29, 1.82) is 0 Å². The number of phosphoric acid groups is 3. The number of fused-ring (bicyclic) bond motifs is 1. The molecule has 0 saturated carbocycles. The van der Waals surface area contributed by atoms with Gasteiger partial charge in [-0.3, -0.25) is 37.3 Å². The standard InChI is InChI=1S/C28H46N7O19P3S/c1-14(2)9-15(26(40)41)27(42)58-8-7-30-17(36)5-6-31-24(39)21(38)28(3,4)11-51-57(48,49)54-56(46,47)50-10-16-20(53-55(43,44)45)19(37)25(52-16)35-13-34-18-22(29)32-12-33-23(18)35/h12-16,19-21,25,37-38H,5-11H2,1-4H3,(H,30,36)(H,31,39)(H,40,41)(H,46,47)(H,48,49)(H2,29,32,33)(H2,43,44,45)/t15?,16-,19-,20-,21?,25-/m1/s1. The summed E-state index contributed by atoms with van der Waals surface area (Å²) in [5.74, 6) is -3.92. The number of aliphatic hydroxyl groups excluding tert-OH is 2. The third kappa shape index (κ3) is 14.6. The molecule has 30 heteroatoms. The number of nitrogens with zero attached hydrogens (tertiary/aromatic N) is 4. The average molecular weight is 910 g/mol. The third-order valence-corrected chi connectivity index (χ3v) is 12.1. The fourth-order valence-corrected chi connectivity index (χ4v) is 8.78. The van der Waals surface area contributed by atoms with Crippen molar-refractivity contribution in [2.24, 2.45) is 17.3 Å². The number of aromatic nitrogens is 4. The number of ether oxygens (including phenoxy) is 1. The number of nitrogen functional groups attached to an aromatic ring is 1. The Hall–Kier alpha value is -2.97. The number of imidazole rings is 1. The zero-order valence-corrected chi connectivity index (χ0v) is 34.8. The number of thioether (sulfide) groups is 1. The summed E-state index contributed by atoms with van der Waals surface area (Å²) in [5, 5.41) is 35.0. The highest BCUT2D eigenvalue weighted by Gasteiger charge is 2.50. The zero-order chi connectivity index (χ0) is 43.8. The Labute approximate surface area is 334 Å². The fraction of sp³-hybridized carbons (Fsp3) is 0.679. The number of aliphatic carboxylic acids is 1. The van der Waals surface area contributed by atoms with Gasteiger partial charge in [0.2, 0.25) is 16.9 Å². The average Bonchev–Trinajstić information content (AvgIpc) is 3.66. The van der Waals surface area contributed by atoms with Crippen LogP contribution in [-0.4, -0.2) is 134 Å². The molecule has 11 N–H and O–H groups in total. The summed E-state index contributed by atoms with van der Waals surface area (Å²) < 4.78 is 62.0. The van der Waals surface area contributed by atoms with Gasteiger partial charge in [-0.25, -0.2) is 28.6 Å². The number of hydrogen-bond donors (Lipinski definition) is 10. The number of carbonyl (C=O) groups excluding carboxylic acids is 3. The highest BCUT2D eigenvalue weighted by atomic mass is 32.2. The summed E-state index contributed by atoms with van der Waals surface area (Å²) in [4.78, 5) is 99.2. The summed E-state index contributed by atoms with van der Waals surface area (Å²) in [6.45, 7) is 3.70. The Kier molecular flexibility index (Phi) is 17.5. The van der Waals surface area contributed by atoms with E-state index in [0.717, 1.165) is 29.0 Å². The van der Waals surface area contributed by atoms with E-state index in [0.29, 0.717) is 0 Å². The molecule has 2 aromatic heterocycles. The summed E-state index contributed by atoms with van der Waals surface area (Å²) in [7, 11) is -16.5. The van der Waals surface area contributed by atoms with Gasteiger partial charge in [0.1, 0.15) is 42.2 Å². The number of nitrogens with one attached hydrogen (secondary N) is 2. The van der Waals surface area contributed by atoms with Crippen LogP contribution in [0.1, 0.15) is 46.8 Å². The van der Waals surface area contributed by atoms with Crippen molar-refractivity contribution in [2.75, 3.05) is 37.8 Å². The van der Waals surface area contributed by atoms with Gasteiger partial charge in [-0.2, -0.15) is 4.31 Å². The molecule has 0 bridgehead atoms. The van der Waals surface area contributed by atoms with E-state index in [-0.39, 0.29) is 54.6 Å². The predicted octanol–water partition coefficient (Wildman–Crippen LogP) is -0.588. The fourth-order valence-electron chi connectivity index (χ4n) is 5.15. The maximum atomic E-state index is 12.7. The molecule has 0 aromatic carbocycles. The maximum absolute atomic E-state index is 12.7. The minimum atomic E-state index is -5.59. The molecule has 1 fully saturated rings. The lowest BCUT2D eigenvalue weighted by Gasteiger charge is -2.30. The molecule has 8 atom stereocenters. The van der Waals surface area contributed by atoms with E-state index in [4.69, 9.17) is 19.5 Å². The number of nitrogens with two attached hydrogens (primary N) is 1. The maximum Gasteiger partial charge on any atom is 0.481 e. The lowest BCUT2D eigenvalue weighted by molar-refractivity contribution is -0.145. The van der Waals surface area contributed by atoms with Crippen LogP contribution in [0, 0.1) is 17.3 Å². The van der Waals surface area contributed by atoms with Crippen LogP contribution in [0.4, 0.5) is 5.82 Å². The lowest BCUT2D eigenvalue weighted by Crippen LogP contribution is -2.46. The van der Waals surface area contributed by atoms with Crippen LogP contribution in [-0.2, 0) is 55.5 Å². The number of hydrogen-bond acceptors (Lipinski definition) is 19. The Morgan fingerprint density at radius 2 is 1.69 bits per heavy atom. The molecule has 58 heavy (non-hydrogen) atoms. The topological polar surface area (TPSA) is 401 Å². The summed E-state index contributed by atoms with van der Waals surface area (Å²) in [6, 6.07) is 0. The minimum absolute atomic E-state index is 0.0135. The highest BCUT2D eigenvalue weighted by Crippen LogP contribution is 2.61. The first-order valence-corrected chi connectivity index (χ1v) is 22.5. The molecule has 1 aliphatic heterocycles. The molecule has 2 aromatic rings. The van der Waals surface area contributed by atoms with Crippen LogP contribution in [0.2, 0.25) is 0 Å². The van der Waals surface area contributed by atoms with Crippen molar-refractivity contribution < 1.29 is 90.4 Å². The number of rotatable bonds is 23. The number of carboxylic acid groups (broad SMARTS) is 1. The summed E-state index contributed by atoms with van der Waals surface area (Å²) >= 11 is 0.768. The van der Waals surface area contributed by atoms with Crippen molar-refractivity contribution in [3.8, 4) is 0 Å². The zero-order valence-electron chi connectivity index (χ0n) is 31.3. The van der Waals surface area contributed by atoms with Crippen molar-refractivity contribution in [1.82, 2.24) is 30.2 Å². The number of phosphoric ester groups is 3. The number of carboxylic acids is 1. The van der Waals surface area contributed by atoms with E-state index in [1.165, 1.54) is 13.8 Å². The quantitative estimate of drug-likeness (QED) is 0.0378. The van der Waals surface area contributed by atoms with Gasteiger partial charge < -0.3 is 56.0 Å². The molecular formula is C28H46N7O19P3S. The second-order valence-electron chi connectivity index (χ2n) is 13.8. The first-order chi connectivity index (χ1) is 26.7. The van der Waals surface area contributed by atoms with Gasteiger partial charge >= 0.3 is 29.4 Å². The number of anilines is 1. The van der Waals surface area contributed by atoms with Crippen molar-refractivity contribution >= 4 is 75.1 Å². The Bertz CT molecular complexity index is 1930. The molecule has 328 valence electrons. The number of aliphatic hydroxyl groups is 2. The molecule has 1 saturated heterocycles. The van der Waals surface area contributed by atoms with Crippen LogP contribution >= 0.6 is 35.2 Å². The minimum Gasteiger partial charge on any atom is -0.481 e. The molecule has 0 aliphatic carbocycles. The van der Waals surface area contributed by atoms with Crippen molar-refractivity contribution in [3.05, 3.63) is 12.7 Å². The van der Waals surface area contributed by atoms with E-state index in [9.17, 15) is 67.8 Å². The summed E-state index contributed by atoms with van der Waals surface area (Å²) in [5.41, 5.74) is 4.19. The molecule has 2 amide bonds. The molecule has 0 radical (unpaired) electrons. The van der Waals surface area contributed by atoms with E-state index in [2.05, 4.69) is 34.4 Å². The smallest absolute Gasteiger partial charge is 0.481 e. The van der Waals surface area contributed by atoms with Crippen LogP contribution < -0.4 is 16.4 Å². The Balaban J connectivity index is 1.48. The van der Waals surface area contributed by atoms with Gasteiger partial charge in [0.05, 0.1) is 19.5 Å². The molecule has 4 unspecified atom stereocenters. The normalized spacial score (nSPS) is 21.9. The second kappa shape index (κ2) is 20.5. The van der Waals surface area contributed by atoms with Gasteiger partial charge in [-0.15, -0.1) is 0 Å². The molecule has 3 rings (SSSR count). The highest BCUT2D eigenvalue weighted by molar-refractivity contribution is 8.13. The first kappa shape index (κ1) is 49.4. The van der Waals surface area contributed by atoms with Crippen molar-refractivity contribution in [3.63, 3.8) is 0 Å². The predicted molar refractivity (Wildman–Crippen MR) is 198 cm³/mol. The second-order valence-corrected chi connectivity index (χ2v) is 19.1. The summed E-state index contributed by atoms with van der Waals surface area (Å²) in [6.07, 6.45) is -6.96. The van der Waals surface area contributed by atoms with E-state index >= 15 is 0 Å². The molecule has 3 heterocycles. The van der Waals surface area contributed by atoms with Crippen LogP contribution in [0.25, 0.3) is 11.2 Å². The number of amides is 2. The van der Waals surface area contributed by atoms with Gasteiger partial charge in [0.15, 0.2) is 17.7 Å². The Morgan fingerprint density at radius 1 is 1.03 bits per heavy atom. The van der Waals surface area contributed by atoms with Gasteiger partial charge in [-0.05, 0) is 12.3 Å². The van der Waals surface area contributed by atoms with E-state index in [1.807, 2.05) is 0 Å². The van der Waals surface area contributed by atoms with Gasteiger partial charge in [-0.1, -0.05) is 39.5 Å². The van der Waals surface area contributed by atoms with Gasteiger partial charge in [0.25, 0.3) is 0 Å². The number of carbonyl (C=O) groups is 4. The SMILES string of the molecule is CC(C)CC(C(=O)O)C(=O)SCCNC(=O)CCNC(=O)C(O)C(C)(C)COP(=O)(O)OP(=O)(O)OC[C@H]1O[C@@H](n2cnc3c(N)ncnc32)[C@H](O)[C@@H]1OP(=O)(O)O. The van der Waals surface area contributed by atoms with E-state index < -0.39 is 102 Å². The van der Waals surface area contributed by atoms with Crippen LogP contribution in [0.3, 0.4) is 0 Å². The lowest BCUT2D eigenvalue weighted by atomic mass is 9.87. The monoisotopic (exact) mass is 909 g/mol. The van der Waals surface area contributed by atoms with Crippen LogP contribution in [0.5, 0.6) is 0 Å². The third-order valence-electron chi connectivity index (χ3n) is 8.04. The van der Waals surface area contributed by atoms with Crippen LogP contribution in [0.15, 0.2) is 12.7 Å². The van der Waals surface area contributed by atoms with E-state index in [1.54, 1.807) is 13.8 Å². The van der Waals surface area contributed by atoms with Crippen molar-refractivity contribution in [2.45, 2.75) is 71.2 Å².